The molecule has 0 amide bonds. The fourth-order valence-corrected chi connectivity index (χ4v) is 8.61. The molecular weight excluding hydrogens is 359 g/mol. The van der Waals surface area contributed by atoms with Crippen LogP contribution in [0.1, 0.15) is 43.2 Å². The van der Waals surface area contributed by atoms with E-state index in [2.05, 4.69) is 60.7 Å². The quantitative estimate of drug-likeness (QED) is 0.481. The largest absolute Gasteiger partial charge is 0.309 e. The maximum Gasteiger partial charge on any atom is 0.168 e. The van der Waals surface area contributed by atoms with E-state index in [0.29, 0.717) is 5.92 Å². The van der Waals surface area contributed by atoms with Crippen LogP contribution in [0.2, 0.25) is 0 Å². The van der Waals surface area contributed by atoms with Crippen LogP contribution in [0.4, 0.5) is 0 Å². The molecule has 3 aromatic rings. The molecule has 0 aromatic heterocycles. The van der Waals surface area contributed by atoms with Crippen LogP contribution >= 0.6 is 7.14 Å². The molecule has 2 aliphatic rings. The molecule has 1 saturated carbocycles. The van der Waals surface area contributed by atoms with Gasteiger partial charge in [0.05, 0.1) is 0 Å². The second-order valence-electron chi connectivity index (χ2n) is 7.92. The number of allylic oxidation sites excluding steroid dienone is 1. The van der Waals surface area contributed by atoms with Gasteiger partial charge in [-0.25, -0.2) is 0 Å². The van der Waals surface area contributed by atoms with Gasteiger partial charge in [0, 0.05) is 15.9 Å². The molecule has 2 heteroatoms. The summed E-state index contributed by atoms with van der Waals surface area (Å²) in [4.78, 5) is 0. The SMILES string of the molecule is O=P1(c2ccccc2)C(C2CCCCC2)=C(c2ccccc2)c2ccccc21. The minimum atomic E-state index is -2.83. The Labute approximate surface area is 167 Å². The van der Waals surface area contributed by atoms with Crippen LogP contribution in [0.15, 0.2) is 90.2 Å². The zero-order chi connectivity index (χ0) is 19.0. The first-order valence-corrected chi connectivity index (χ1v) is 12.1. The fourth-order valence-electron chi connectivity index (χ4n) is 5.05. The number of benzene rings is 3. The standard InChI is InChI=1S/C26H25OP/c27-28(22-16-8-3-9-17-22)24-19-11-10-18-23(24)25(20-12-4-1-5-13-20)26(28)21-14-6-2-7-15-21/h1,3-5,8-13,16-19,21H,2,6-7,14-15H2. The molecule has 0 spiro atoms. The molecule has 3 aromatic carbocycles. The zero-order valence-electron chi connectivity index (χ0n) is 16.1. The van der Waals surface area contributed by atoms with E-state index in [1.54, 1.807) is 0 Å². The second-order valence-corrected chi connectivity index (χ2v) is 10.6. The lowest BCUT2D eigenvalue weighted by Crippen LogP contribution is -2.19. The van der Waals surface area contributed by atoms with Gasteiger partial charge in [-0.05, 0) is 35.5 Å². The predicted octanol–water partition coefficient (Wildman–Crippen LogP) is 6.35. The summed E-state index contributed by atoms with van der Waals surface area (Å²) in [5.41, 5.74) is 3.60. The third-order valence-electron chi connectivity index (χ3n) is 6.28. The van der Waals surface area contributed by atoms with Crippen molar-refractivity contribution in [2.75, 3.05) is 0 Å². The lowest BCUT2D eigenvalue weighted by atomic mass is 9.85. The van der Waals surface area contributed by atoms with Crippen molar-refractivity contribution in [2.24, 2.45) is 5.92 Å². The van der Waals surface area contributed by atoms with Gasteiger partial charge >= 0.3 is 0 Å². The summed E-state index contributed by atoms with van der Waals surface area (Å²) in [5.74, 6) is 0.405. The Morgan fingerprint density at radius 1 is 0.679 bits per heavy atom. The normalized spacial score (nSPS) is 22.3. The van der Waals surface area contributed by atoms with Crippen LogP contribution < -0.4 is 10.6 Å². The summed E-state index contributed by atoms with van der Waals surface area (Å²) in [5, 5.41) is 3.22. The number of fused-ring (bicyclic) bond motifs is 1. The number of rotatable bonds is 3. The average molecular weight is 384 g/mol. The maximum atomic E-state index is 15.0. The zero-order valence-corrected chi connectivity index (χ0v) is 16.9. The van der Waals surface area contributed by atoms with Crippen molar-refractivity contribution in [3.05, 3.63) is 101 Å². The Balaban J connectivity index is 1.84. The van der Waals surface area contributed by atoms with Gasteiger partial charge in [0.15, 0.2) is 7.14 Å². The van der Waals surface area contributed by atoms with Crippen LogP contribution in [0.5, 0.6) is 0 Å². The molecule has 1 heterocycles. The summed E-state index contributed by atoms with van der Waals surface area (Å²) in [6.45, 7) is 0. The molecule has 1 aliphatic heterocycles. The predicted molar refractivity (Wildman–Crippen MR) is 119 cm³/mol. The third kappa shape index (κ3) is 2.73. The molecule has 140 valence electrons. The topological polar surface area (TPSA) is 17.1 Å². The van der Waals surface area contributed by atoms with E-state index in [9.17, 15) is 4.57 Å². The molecular formula is C26H25OP. The average Bonchev–Trinajstić information content (AvgIpc) is 3.06. The highest BCUT2D eigenvalue weighted by molar-refractivity contribution is 7.83. The summed E-state index contributed by atoms with van der Waals surface area (Å²) < 4.78 is 15.0. The van der Waals surface area contributed by atoms with Gasteiger partial charge in [0.25, 0.3) is 0 Å². The van der Waals surface area contributed by atoms with Crippen LogP contribution in [0, 0.1) is 5.92 Å². The number of hydrogen-bond acceptors (Lipinski definition) is 1. The highest BCUT2D eigenvalue weighted by Crippen LogP contribution is 2.65. The van der Waals surface area contributed by atoms with E-state index in [4.69, 9.17) is 0 Å². The van der Waals surface area contributed by atoms with E-state index < -0.39 is 7.14 Å². The summed E-state index contributed by atoms with van der Waals surface area (Å²) >= 11 is 0. The molecule has 1 unspecified atom stereocenters. The minimum absolute atomic E-state index is 0.405. The Bertz CT molecular complexity index is 1060. The van der Waals surface area contributed by atoms with E-state index >= 15 is 0 Å². The molecule has 0 N–H and O–H groups in total. The monoisotopic (exact) mass is 384 g/mol. The molecule has 0 bridgehead atoms. The Morgan fingerprint density at radius 2 is 1.29 bits per heavy atom. The Kier molecular flexibility index (Phi) is 4.57. The first kappa shape index (κ1) is 17.7. The van der Waals surface area contributed by atoms with Gasteiger partial charge in [-0.3, -0.25) is 0 Å². The Morgan fingerprint density at radius 3 is 2.00 bits per heavy atom. The molecule has 28 heavy (non-hydrogen) atoms. The molecule has 1 nitrogen and oxygen atoms in total. The third-order valence-corrected chi connectivity index (χ3v) is 9.64. The van der Waals surface area contributed by atoms with Gasteiger partial charge < -0.3 is 4.57 Å². The summed E-state index contributed by atoms with van der Waals surface area (Å²) in [6, 6.07) is 29.2. The summed E-state index contributed by atoms with van der Waals surface area (Å²) in [6.07, 6.45) is 6.07. The minimum Gasteiger partial charge on any atom is -0.309 e. The van der Waals surface area contributed by atoms with Crippen molar-refractivity contribution >= 4 is 23.3 Å². The van der Waals surface area contributed by atoms with Crippen molar-refractivity contribution in [3.8, 4) is 0 Å². The lowest BCUT2D eigenvalue weighted by molar-refractivity contribution is 0.413. The molecule has 1 aliphatic carbocycles. The van der Waals surface area contributed by atoms with Crippen molar-refractivity contribution < 1.29 is 4.57 Å². The number of hydrogen-bond donors (Lipinski definition) is 0. The summed E-state index contributed by atoms with van der Waals surface area (Å²) in [7, 11) is -2.83. The van der Waals surface area contributed by atoms with Gasteiger partial charge in [0.2, 0.25) is 0 Å². The van der Waals surface area contributed by atoms with Gasteiger partial charge in [0.1, 0.15) is 0 Å². The van der Waals surface area contributed by atoms with E-state index in [-0.39, 0.29) is 0 Å². The van der Waals surface area contributed by atoms with Crippen LogP contribution in [0.25, 0.3) is 5.57 Å². The van der Waals surface area contributed by atoms with E-state index in [1.807, 2.05) is 24.3 Å². The Hall–Kier alpha value is -2.37. The molecule has 0 radical (unpaired) electrons. The van der Waals surface area contributed by atoms with Gasteiger partial charge in [-0.2, -0.15) is 0 Å². The highest BCUT2D eigenvalue weighted by Gasteiger charge is 2.45. The van der Waals surface area contributed by atoms with Crippen molar-refractivity contribution in [2.45, 2.75) is 32.1 Å². The van der Waals surface area contributed by atoms with Gasteiger partial charge in [-0.15, -0.1) is 0 Å². The van der Waals surface area contributed by atoms with Crippen LogP contribution in [0.3, 0.4) is 0 Å². The van der Waals surface area contributed by atoms with Crippen molar-refractivity contribution in [3.63, 3.8) is 0 Å². The molecule has 5 rings (SSSR count). The van der Waals surface area contributed by atoms with Gasteiger partial charge in [-0.1, -0.05) is 104 Å². The molecule has 0 saturated heterocycles. The second kappa shape index (κ2) is 7.22. The fraction of sp³-hybridized carbons (Fsp3) is 0.231. The van der Waals surface area contributed by atoms with Crippen LogP contribution in [-0.4, -0.2) is 0 Å². The molecule has 1 atom stereocenters. The van der Waals surface area contributed by atoms with E-state index in [1.165, 1.54) is 41.3 Å². The first-order chi connectivity index (χ1) is 13.8. The smallest absolute Gasteiger partial charge is 0.168 e. The van der Waals surface area contributed by atoms with Crippen LogP contribution in [-0.2, 0) is 4.57 Å². The highest BCUT2D eigenvalue weighted by atomic mass is 31.2. The maximum absolute atomic E-state index is 15.0. The van der Waals surface area contributed by atoms with Crippen molar-refractivity contribution in [1.82, 2.24) is 0 Å². The van der Waals surface area contributed by atoms with Crippen molar-refractivity contribution in [1.29, 1.82) is 0 Å². The van der Waals surface area contributed by atoms with E-state index in [0.717, 1.165) is 23.5 Å². The molecule has 1 fully saturated rings. The first-order valence-electron chi connectivity index (χ1n) is 10.4. The lowest BCUT2D eigenvalue weighted by Gasteiger charge is -2.29.